The fraction of sp³-hybridized carbons (Fsp3) is 0.765. The van der Waals surface area contributed by atoms with Crippen LogP contribution in [0.1, 0.15) is 66.1 Å². The molecule has 2 rings (SSSR count). The molecule has 0 amide bonds. The van der Waals surface area contributed by atoms with E-state index in [-0.39, 0.29) is 5.41 Å². The molecule has 1 N–H and O–H groups in total. The largest absolute Gasteiger partial charge is 0.370 e. The summed E-state index contributed by atoms with van der Waals surface area (Å²) in [5.74, 6) is 2.96. The van der Waals surface area contributed by atoms with Gasteiger partial charge in [0.2, 0.25) is 0 Å². The number of hydrogen-bond donors (Lipinski definition) is 1. The van der Waals surface area contributed by atoms with Crippen LogP contribution in [0.5, 0.6) is 0 Å². The van der Waals surface area contributed by atoms with Gasteiger partial charge in [0.1, 0.15) is 17.5 Å². The number of anilines is 2. The third-order valence-corrected chi connectivity index (χ3v) is 4.14. The summed E-state index contributed by atoms with van der Waals surface area (Å²) in [7, 11) is 0. The van der Waals surface area contributed by atoms with Crippen molar-refractivity contribution in [2.45, 2.75) is 71.8 Å². The first-order chi connectivity index (χ1) is 9.95. The van der Waals surface area contributed by atoms with Crippen molar-refractivity contribution in [1.29, 1.82) is 0 Å². The molecule has 0 unspecified atom stereocenters. The highest BCUT2D eigenvalue weighted by molar-refractivity contribution is 5.50. The van der Waals surface area contributed by atoms with Gasteiger partial charge in [-0.15, -0.1) is 0 Å². The Morgan fingerprint density at radius 3 is 2.38 bits per heavy atom. The Kier molecular flexibility index (Phi) is 5.07. The Morgan fingerprint density at radius 2 is 1.86 bits per heavy atom. The third-order valence-electron chi connectivity index (χ3n) is 4.14. The molecule has 0 saturated heterocycles. The molecule has 1 aromatic heterocycles. The maximum atomic E-state index is 4.88. The molecule has 1 aliphatic rings. The van der Waals surface area contributed by atoms with Crippen LogP contribution in [0.25, 0.3) is 0 Å². The van der Waals surface area contributed by atoms with Gasteiger partial charge in [-0.25, -0.2) is 9.97 Å². The maximum Gasteiger partial charge on any atom is 0.138 e. The monoisotopic (exact) mass is 290 g/mol. The van der Waals surface area contributed by atoms with Crippen molar-refractivity contribution >= 4 is 11.6 Å². The van der Waals surface area contributed by atoms with Crippen LogP contribution >= 0.6 is 0 Å². The second kappa shape index (κ2) is 6.63. The molecule has 1 saturated carbocycles. The second-order valence-electron chi connectivity index (χ2n) is 6.94. The predicted octanol–water partition coefficient (Wildman–Crippen LogP) is 3.97. The highest BCUT2D eigenvalue weighted by Crippen LogP contribution is 2.30. The molecule has 0 radical (unpaired) electrons. The molecule has 4 nitrogen and oxygen atoms in total. The first-order valence-corrected chi connectivity index (χ1v) is 8.35. The van der Waals surface area contributed by atoms with Crippen LogP contribution in [-0.4, -0.2) is 29.1 Å². The Bertz CT molecular complexity index is 458. The summed E-state index contributed by atoms with van der Waals surface area (Å²) in [6, 6.07) is 2.76. The summed E-state index contributed by atoms with van der Waals surface area (Å²) in [6.45, 7) is 12.7. The molecule has 1 heterocycles. The lowest BCUT2D eigenvalue weighted by Gasteiger charge is -2.30. The molecule has 1 fully saturated rings. The fourth-order valence-corrected chi connectivity index (χ4v) is 3.01. The second-order valence-corrected chi connectivity index (χ2v) is 6.94. The van der Waals surface area contributed by atoms with Crippen LogP contribution in [0.15, 0.2) is 6.07 Å². The van der Waals surface area contributed by atoms with Crippen molar-refractivity contribution in [3.05, 3.63) is 11.9 Å². The zero-order chi connectivity index (χ0) is 15.5. The summed E-state index contributed by atoms with van der Waals surface area (Å²) in [4.78, 5) is 12.0. The van der Waals surface area contributed by atoms with Crippen LogP contribution in [0, 0.1) is 0 Å². The van der Waals surface area contributed by atoms with Gasteiger partial charge in [0.15, 0.2) is 0 Å². The molecule has 1 aromatic rings. The Balaban J connectivity index is 2.37. The van der Waals surface area contributed by atoms with Gasteiger partial charge in [0.05, 0.1) is 0 Å². The summed E-state index contributed by atoms with van der Waals surface area (Å²) in [5.41, 5.74) is -0.0325. The van der Waals surface area contributed by atoms with E-state index in [2.05, 4.69) is 55.9 Å². The van der Waals surface area contributed by atoms with E-state index in [1.165, 1.54) is 25.7 Å². The quantitative estimate of drug-likeness (QED) is 0.890. The van der Waals surface area contributed by atoms with E-state index in [1.54, 1.807) is 0 Å². The van der Waals surface area contributed by atoms with Gasteiger partial charge in [-0.05, 0) is 26.7 Å². The molecular weight excluding hydrogens is 260 g/mol. The number of rotatable bonds is 5. The first-order valence-electron chi connectivity index (χ1n) is 8.35. The first kappa shape index (κ1) is 16.1. The Hall–Kier alpha value is -1.32. The minimum atomic E-state index is -0.0325. The van der Waals surface area contributed by atoms with Crippen LogP contribution < -0.4 is 10.2 Å². The standard InChI is InChI=1S/C17H30N4/c1-6-18-14-12-15(20-16(19-14)17(3,4)5)21(7-2)13-10-8-9-11-13/h12-13H,6-11H2,1-5H3,(H,18,19,20). The van der Waals surface area contributed by atoms with E-state index in [1.807, 2.05) is 0 Å². The van der Waals surface area contributed by atoms with Crippen molar-refractivity contribution in [3.63, 3.8) is 0 Å². The smallest absolute Gasteiger partial charge is 0.138 e. The van der Waals surface area contributed by atoms with Gasteiger partial charge in [-0.3, -0.25) is 0 Å². The van der Waals surface area contributed by atoms with Crippen LogP contribution in [0.4, 0.5) is 11.6 Å². The van der Waals surface area contributed by atoms with E-state index in [0.717, 1.165) is 30.5 Å². The van der Waals surface area contributed by atoms with Crippen LogP contribution in [-0.2, 0) is 5.41 Å². The van der Waals surface area contributed by atoms with Crippen molar-refractivity contribution in [2.75, 3.05) is 23.3 Å². The number of hydrogen-bond acceptors (Lipinski definition) is 4. The fourth-order valence-electron chi connectivity index (χ4n) is 3.01. The predicted molar refractivity (Wildman–Crippen MR) is 90.2 cm³/mol. The van der Waals surface area contributed by atoms with Crippen molar-refractivity contribution in [3.8, 4) is 0 Å². The molecule has 0 atom stereocenters. The lowest BCUT2D eigenvalue weighted by atomic mass is 9.95. The highest BCUT2D eigenvalue weighted by Gasteiger charge is 2.25. The third kappa shape index (κ3) is 3.86. The summed E-state index contributed by atoms with van der Waals surface area (Å²) in [5, 5.41) is 3.35. The number of aromatic nitrogens is 2. The van der Waals surface area contributed by atoms with Crippen molar-refractivity contribution in [2.24, 2.45) is 0 Å². The van der Waals surface area contributed by atoms with Gasteiger partial charge in [-0.2, -0.15) is 0 Å². The average Bonchev–Trinajstić information content (AvgIpc) is 2.93. The molecule has 21 heavy (non-hydrogen) atoms. The van der Waals surface area contributed by atoms with Gasteiger partial charge < -0.3 is 10.2 Å². The number of nitrogens with one attached hydrogen (secondary N) is 1. The SMILES string of the molecule is CCNc1cc(N(CC)C2CCCC2)nc(C(C)(C)C)n1. The van der Waals surface area contributed by atoms with Gasteiger partial charge >= 0.3 is 0 Å². The Morgan fingerprint density at radius 1 is 1.19 bits per heavy atom. The zero-order valence-electron chi connectivity index (χ0n) is 14.2. The Labute approximate surface area is 129 Å². The minimum Gasteiger partial charge on any atom is -0.370 e. The van der Waals surface area contributed by atoms with E-state index >= 15 is 0 Å². The van der Waals surface area contributed by atoms with Crippen molar-refractivity contribution in [1.82, 2.24) is 9.97 Å². The molecule has 0 aromatic carbocycles. The van der Waals surface area contributed by atoms with E-state index in [0.29, 0.717) is 6.04 Å². The van der Waals surface area contributed by atoms with E-state index < -0.39 is 0 Å². The maximum absolute atomic E-state index is 4.88. The van der Waals surface area contributed by atoms with Gasteiger partial charge in [-0.1, -0.05) is 33.6 Å². The molecule has 0 spiro atoms. The van der Waals surface area contributed by atoms with Crippen LogP contribution in [0.2, 0.25) is 0 Å². The van der Waals surface area contributed by atoms with Gasteiger partial charge in [0, 0.05) is 30.6 Å². The molecule has 1 aliphatic carbocycles. The zero-order valence-corrected chi connectivity index (χ0v) is 14.2. The summed E-state index contributed by atoms with van der Waals surface area (Å²) < 4.78 is 0. The minimum absolute atomic E-state index is 0.0325. The average molecular weight is 290 g/mol. The lowest BCUT2D eigenvalue weighted by Crippen LogP contribution is -2.34. The van der Waals surface area contributed by atoms with E-state index in [9.17, 15) is 0 Å². The molecule has 4 heteroatoms. The highest BCUT2D eigenvalue weighted by atomic mass is 15.2. The normalized spacial score (nSPS) is 16.2. The van der Waals surface area contributed by atoms with Crippen molar-refractivity contribution < 1.29 is 0 Å². The topological polar surface area (TPSA) is 41.0 Å². The number of nitrogens with zero attached hydrogens (tertiary/aromatic N) is 3. The van der Waals surface area contributed by atoms with E-state index in [4.69, 9.17) is 4.98 Å². The van der Waals surface area contributed by atoms with Crippen LogP contribution in [0.3, 0.4) is 0 Å². The lowest BCUT2D eigenvalue weighted by molar-refractivity contribution is 0.539. The summed E-state index contributed by atoms with van der Waals surface area (Å²) in [6.07, 6.45) is 5.27. The summed E-state index contributed by atoms with van der Waals surface area (Å²) >= 11 is 0. The molecule has 0 aliphatic heterocycles. The molecular formula is C17H30N4. The van der Waals surface area contributed by atoms with Gasteiger partial charge in [0.25, 0.3) is 0 Å². The molecule has 0 bridgehead atoms. The molecule has 118 valence electrons.